The summed E-state index contributed by atoms with van der Waals surface area (Å²) in [6, 6.07) is 0. The summed E-state index contributed by atoms with van der Waals surface area (Å²) in [5, 5.41) is 19.2. The van der Waals surface area contributed by atoms with E-state index in [4.69, 9.17) is 14.5 Å². The molecular weight excluding hydrogens is 698 g/mol. The van der Waals surface area contributed by atoms with Crippen molar-refractivity contribution in [2.75, 3.05) is 13.1 Å². The van der Waals surface area contributed by atoms with Gasteiger partial charge in [-0.1, -0.05) is 94.5 Å². The maximum absolute atomic E-state index is 14.0. The third-order valence-electron chi connectivity index (χ3n) is 9.20. The van der Waals surface area contributed by atoms with Crippen LogP contribution in [0.2, 0.25) is 0 Å². The molecule has 5 amide bonds. The molecule has 3 atom stereocenters. The summed E-state index contributed by atoms with van der Waals surface area (Å²) in [6.45, 7) is 13.7. The van der Waals surface area contributed by atoms with Crippen molar-refractivity contribution in [3.8, 4) is 0 Å². The van der Waals surface area contributed by atoms with E-state index in [0.29, 0.717) is 101 Å². The lowest BCUT2D eigenvalue weighted by molar-refractivity contribution is -0.164. The van der Waals surface area contributed by atoms with Crippen molar-refractivity contribution in [1.29, 1.82) is 0 Å². The molecule has 306 valence electrons. The molecule has 0 aromatic rings. The molecule has 3 N–H and O–H groups in total. The van der Waals surface area contributed by atoms with Crippen LogP contribution in [0.4, 0.5) is 14.4 Å². The lowest BCUT2D eigenvalue weighted by Gasteiger charge is -2.39. The van der Waals surface area contributed by atoms with Crippen LogP contribution in [-0.2, 0) is 28.9 Å². The van der Waals surface area contributed by atoms with Crippen LogP contribution in [0, 0.1) is 11.8 Å². The quantitative estimate of drug-likeness (QED) is 0.0199. The van der Waals surface area contributed by atoms with Gasteiger partial charge in [0.25, 0.3) is 0 Å². The van der Waals surface area contributed by atoms with Gasteiger partial charge in [-0.3, -0.25) is 39.1 Å². The molecule has 0 aromatic carbocycles. The Bertz CT molecular complexity index is 1230. The summed E-state index contributed by atoms with van der Waals surface area (Å²) < 4.78 is 0. The predicted molar refractivity (Wildman–Crippen MR) is 207 cm³/mol. The Balaban J connectivity index is 2.96. The minimum atomic E-state index is -1.03. The number of amides is 5. The first-order chi connectivity index (χ1) is 25.9. The molecule has 1 aliphatic heterocycles. The molecule has 54 heavy (non-hydrogen) atoms. The molecule has 16 heteroatoms. The van der Waals surface area contributed by atoms with Crippen molar-refractivity contribution in [3.05, 3.63) is 0 Å². The smallest absolute Gasteiger partial charge is 0.320 e. The number of carbonyl (C=O) groups is 6. The molecule has 1 aliphatic rings. The van der Waals surface area contributed by atoms with Gasteiger partial charge in [-0.15, -0.1) is 0 Å². The zero-order chi connectivity index (χ0) is 40.3. The van der Waals surface area contributed by atoms with E-state index in [9.17, 15) is 28.8 Å². The summed E-state index contributed by atoms with van der Waals surface area (Å²) >= 11 is 0. The first kappa shape index (κ1) is 47.7. The number of rotatable bonds is 26. The Morgan fingerprint density at radius 2 is 1.00 bits per heavy atom. The van der Waals surface area contributed by atoms with Crippen LogP contribution in [0.25, 0.3) is 0 Å². The molecule has 0 saturated carbocycles. The number of nitrogens with zero attached hydrogens (tertiary/aromatic N) is 4. The SMILES string of the molecule is CCCCCC(NC(=O)O/N=C(\C)CC)N1C(=O)C(CCCCCCNC(=O)O/N=C(\C)CC)C(=O)C(CCCCCCNC(=O)O/N=C(\C)CC)C1=O. The van der Waals surface area contributed by atoms with Gasteiger partial charge in [0.15, 0.2) is 5.78 Å². The number of likely N-dealkylation sites (tertiary alicyclic amines) is 1. The van der Waals surface area contributed by atoms with Crippen molar-refractivity contribution in [1.82, 2.24) is 20.9 Å². The molecule has 3 unspecified atom stereocenters. The maximum atomic E-state index is 14.0. The van der Waals surface area contributed by atoms with Gasteiger partial charge < -0.3 is 10.6 Å². The van der Waals surface area contributed by atoms with Crippen molar-refractivity contribution >= 4 is 53.0 Å². The molecule has 0 aromatic heterocycles. The number of Topliss-reactive ketones (excluding diaryl/α,β-unsaturated/α-hetero) is 1. The Morgan fingerprint density at radius 3 is 1.41 bits per heavy atom. The predicted octanol–water partition coefficient (Wildman–Crippen LogP) is 7.50. The summed E-state index contributed by atoms with van der Waals surface area (Å²) in [7, 11) is 0. The van der Waals surface area contributed by atoms with Crippen LogP contribution in [-0.4, -0.2) is 77.2 Å². The van der Waals surface area contributed by atoms with Crippen molar-refractivity contribution in [2.45, 2.75) is 164 Å². The Labute approximate surface area is 321 Å². The molecule has 1 fully saturated rings. The third-order valence-corrected chi connectivity index (χ3v) is 9.20. The van der Waals surface area contributed by atoms with Gasteiger partial charge in [0, 0.05) is 13.1 Å². The van der Waals surface area contributed by atoms with Crippen LogP contribution in [0.15, 0.2) is 15.5 Å². The molecule has 0 spiro atoms. The van der Waals surface area contributed by atoms with E-state index in [1.807, 2.05) is 27.7 Å². The van der Waals surface area contributed by atoms with Crippen LogP contribution in [0.1, 0.15) is 158 Å². The minimum absolute atomic E-state index is 0.258. The van der Waals surface area contributed by atoms with E-state index in [2.05, 4.69) is 31.4 Å². The normalized spacial score (nSPS) is 17.3. The fourth-order valence-corrected chi connectivity index (χ4v) is 5.44. The number of oxime groups is 3. The third kappa shape index (κ3) is 19.1. The van der Waals surface area contributed by atoms with Gasteiger partial charge in [-0.2, -0.15) is 0 Å². The van der Waals surface area contributed by atoms with Gasteiger partial charge in [-0.25, -0.2) is 14.4 Å². The number of carbonyl (C=O) groups excluding carboxylic acids is 6. The van der Waals surface area contributed by atoms with E-state index in [1.54, 1.807) is 20.8 Å². The average Bonchev–Trinajstić information content (AvgIpc) is 3.16. The first-order valence-corrected chi connectivity index (χ1v) is 19.8. The summed E-state index contributed by atoms with van der Waals surface area (Å²) in [5.41, 5.74) is 2.01. The zero-order valence-corrected chi connectivity index (χ0v) is 33.6. The van der Waals surface area contributed by atoms with Gasteiger partial charge in [0.05, 0.1) is 29.0 Å². The van der Waals surface area contributed by atoms with Crippen LogP contribution < -0.4 is 16.0 Å². The molecule has 1 heterocycles. The summed E-state index contributed by atoms with van der Waals surface area (Å²) in [5.74, 6) is -3.66. The average molecular weight is 764 g/mol. The molecule has 0 aliphatic carbocycles. The van der Waals surface area contributed by atoms with E-state index in [1.165, 1.54) is 0 Å². The number of imide groups is 1. The Morgan fingerprint density at radius 1 is 0.593 bits per heavy atom. The lowest BCUT2D eigenvalue weighted by Crippen LogP contribution is -2.62. The van der Waals surface area contributed by atoms with Crippen LogP contribution >= 0.6 is 0 Å². The maximum Gasteiger partial charge on any atom is 0.434 e. The Hall–Kier alpha value is -4.37. The summed E-state index contributed by atoms with van der Waals surface area (Å²) in [4.78, 5) is 93.9. The Kier molecular flexibility index (Phi) is 24.8. The highest BCUT2D eigenvalue weighted by molar-refractivity contribution is 6.20. The largest absolute Gasteiger partial charge is 0.434 e. The molecule has 0 radical (unpaired) electrons. The van der Waals surface area contributed by atoms with Crippen molar-refractivity contribution in [2.24, 2.45) is 27.3 Å². The van der Waals surface area contributed by atoms with Gasteiger partial charge >= 0.3 is 18.3 Å². The zero-order valence-electron chi connectivity index (χ0n) is 33.6. The van der Waals surface area contributed by atoms with Gasteiger partial charge in [0.1, 0.15) is 6.17 Å². The number of nitrogens with one attached hydrogen (secondary N) is 3. The van der Waals surface area contributed by atoms with Gasteiger partial charge in [-0.05, 0) is 78.6 Å². The number of ketones is 1. The summed E-state index contributed by atoms with van der Waals surface area (Å²) in [6.07, 6.45) is 7.29. The minimum Gasteiger partial charge on any atom is -0.320 e. The lowest BCUT2D eigenvalue weighted by atomic mass is 9.80. The van der Waals surface area contributed by atoms with E-state index in [-0.39, 0.29) is 18.6 Å². The van der Waals surface area contributed by atoms with Crippen LogP contribution in [0.3, 0.4) is 0 Å². The number of hydrogen-bond donors (Lipinski definition) is 3. The topological polar surface area (TPSA) is 207 Å². The van der Waals surface area contributed by atoms with E-state index in [0.717, 1.165) is 30.6 Å². The highest BCUT2D eigenvalue weighted by Gasteiger charge is 2.49. The molecule has 0 bridgehead atoms. The standard InChI is InChI=1S/C38H65N7O9/c1-8-12-17-24-32(41-38(51)54-44-29(7)11-4)45-34(47)30(22-18-13-15-20-25-39-36(49)52-42-27(5)9-2)33(46)31(35(45)48)23-19-14-16-21-26-40-37(50)53-43-28(6)10-3/h30-32H,8-26H2,1-7H3,(H,39,49)(H,40,50)(H,41,51)/b42-27+,43-28+,44-29+. The first-order valence-electron chi connectivity index (χ1n) is 19.8. The second-order valence-electron chi connectivity index (χ2n) is 13.6. The number of unbranched alkanes of at least 4 members (excludes halogenated alkanes) is 8. The van der Waals surface area contributed by atoms with Crippen LogP contribution in [0.5, 0.6) is 0 Å². The van der Waals surface area contributed by atoms with Crippen molar-refractivity contribution < 1.29 is 43.3 Å². The second kappa shape index (κ2) is 28.1. The molecule has 16 nitrogen and oxygen atoms in total. The highest BCUT2D eigenvalue weighted by Crippen LogP contribution is 2.31. The van der Waals surface area contributed by atoms with E-state index >= 15 is 0 Å². The van der Waals surface area contributed by atoms with E-state index < -0.39 is 48.1 Å². The fraction of sp³-hybridized carbons (Fsp3) is 0.763. The molecule has 1 saturated heterocycles. The molecule has 1 rings (SSSR count). The second-order valence-corrected chi connectivity index (χ2v) is 13.6. The number of piperidine rings is 1. The monoisotopic (exact) mass is 763 g/mol. The highest BCUT2D eigenvalue weighted by atomic mass is 16.7. The van der Waals surface area contributed by atoms with Gasteiger partial charge in [0.2, 0.25) is 11.8 Å². The number of hydrogen-bond acceptors (Lipinski definition) is 12. The molecular formula is C38H65N7O9. The fourth-order valence-electron chi connectivity index (χ4n) is 5.44. The van der Waals surface area contributed by atoms with Crippen molar-refractivity contribution in [3.63, 3.8) is 0 Å².